The van der Waals surface area contributed by atoms with Crippen LogP contribution in [0.15, 0.2) is 53.0 Å². The number of hydrogen-bond donors (Lipinski definition) is 1. The van der Waals surface area contributed by atoms with Gasteiger partial charge in [-0.15, -0.1) is 0 Å². The molecule has 0 radical (unpaired) electrons. The van der Waals surface area contributed by atoms with Crippen molar-refractivity contribution in [3.63, 3.8) is 0 Å². The number of nitrogens with one attached hydrogen (secondary N) is 1. The lowest BCUT2D eigenvalue weighted by Gasteiger charge is -2.13. The highest BCUT2D eigenvalue weighted by Crippen LogP contribution is 2.26. The molecule has 1 aliphatic heterocycles. The maximum absolute atomic E-state index is 13.2. The fourth-order valence-electron chi connectivity index (χ4n) is 3.44. The van der Waals surface area contributed by atoms with Crippen LogP contribution in [-0.2, 0) is 4.79 Å². The molecule has 158 valence electrons. The smallest absolute Gasteiger partial charge is 0.261 e. The first-order chi connectivity index (χ1) is 14.8. The van der Waals surface area contributed by atoms with Gasteiger partial charge in [-0.25, -0.2) is 9.07 Å². The summed E-state index contributed by atoms with van der Waals surface area (Å²) in [5, 5.41) is 7.13. The van der Waals surface area contributed by atoms with Crippen molar-refractivity contribution in [1.82, 2.24) is 14.7 Å². The van der Waals surface area contributed by atoms with E-state index in [9.17, 15) is 18.8 Å². The predicted octanol–water partition coefficient (Wildman–Crippen LogP) is 4.10. The molecule has 1 aliphatic rings. The minimum absolute atomic E-state index is 0.116. The van der Waals surface area contributed by atoms with Crippen LogP contribution in [0.3, 0.4) is 0 Å². The average molecular weight is 485 g/mol. The third-order valence-electron chi connectivity index (χ3n) is 4.89. The number of amides is 3. The van der Waals surface area contributed by atoms with Crippen LogP contribution < -0.4 is 5.32 Å². The normalized spacial score (nSPS) is 12.9. The summed E-state index contributed by atoms with van der Waals surface area (Å²) < 4.78 is 15.4. The maximum atomic E-state index is 13.2. The lowest BCUT2D eigenvalue weighted by Crippen LogP contribution is -2.31. The van der Waals surface area contributed by atoms with Crippen molar-refractivity contribution in [2.24, 2.45) is 0 Å². The third kappa shape index (κ3) is 4.27. The summed E-state index contributed by atoms with van der Waals surface area (Å²) in [6, 6.07) is 12.4. The Bertz CT molecular complexity index is 1190. The predicted molar refractivity (Wildman–Crippen MR) is 116 cm³/mol. The number of nitrogens with zero attached hydrogens (tertiary/aromatic N) is 3. The van der Waals surface area contributed by atoms with E-state index < -0.39 is 0 Å². The minimum atomic E-state index is -0.362. The number of imide groups is 1. The Labute approximate surface area is 186 Å². The van der Waals surface area contributed by atoms with Crippen molar-refractivity contribution in [3.8, 4) is 5.69 Å². The Morgan fingerprint density at radius 1 is 1.06 bits per heavy atom. The molecule has 0 unspecified atom stereocenters. The second-order valence-electron chi connectivity index (χ2n) is 7.16. The van der Waals surface area contributed by atoms with Gasteiger partial charge in [0.25, 0.3) is 11.8 Å². The number of rotatable bonds is 6. The largest absolute Gasteiger partial charge is 0.311 e. The van der Waals surface area contributed by atoms with Gasteiger partial charge in [-0.3, -0.25) is 19.3 Å². The molecule has 9 heteroatoms. The molecule has 0 spiro atoms. The van der Waals surface area contributed by atoms with Gasteiger partial charge in [0.2, 0.25) is 5.91 Å². The zero-order chi connectivity index (χ0) is 22.1. The highest BCUT2D eigenvalue weighted by molar-refractivity contribution is 9.10. The van der Waals surface area contributed by atoms with E-state index in [-0.39, 0.29) is 36.5 Å². The van der Waals surface area contributed by atoms with E-state index >= 15 is 0 Å². The number of aromatic nitrogens is 2. The monoisotopic (exact) mass is 484 g/mol. The maximum Gasteiger partial charge on any atom is 0.261 e. The van der Waals surface area contributed by atoms with Crippen LogP contribution >= 0.6 is 15.9 Å². The van der Waals surface area contributed by atoms with Crippen LogP contribution in [0, 0.1) is 12.7 Å². The molecule has 3 amide bonds. The van der Waals surface area contributed by atoms with Gasteiger partial charge in [-0.2, -0.15) is 5.10 Å². The lowest BCUT2D eigenvalue weighted by molar-refractivity contribution is -0.116. The topological polar surface area (TPSA) is 84.3 Å². The summed E-state index contributed by atoms with van der Waals surface area (Å²) in [6.07, 6.45) is 0.437. The van der Waals surface area contributed by atoms with E-state index in [1.165, 1.54) is 16.8 Å². The Hall–Kier alpha value is -3.33. The summed E-state index contributed by atoms with van der Waals surface area (Å²) in [6.45, 7) is 1.93. The summed E-state index contributed by atoms with van der Waals surface area (Å²) in [5.41, 5.74) is 2.04. The van der Waals surface area contributed by atoms with Crippen molar-refractivity contribution in [2.45, 2.75) is 19.8 Å². The van der Waals surface area contributed by atoms with E-state index in [1.807, 2.05) is 0 Å². The van der Waals surface area contributed by atoms with Gasteiger partial charge < -0.3 is 5.32 Å². The lowest BCUT2D eigenvalue weighted by atomic mass is 10.1. The fraction of sp³-hybridized carbons (Fsp3) is 0.182. The molecule has 31 heavy (non-hydrogen) atoms. The average Bonchev–Trinajstić information content (AvgIpc) is 3.20. The number of fused-ring (bicyclic) bond motifs is 1. The molecule has 1 aromatic heterocycles. The Morgan fingerprint density at radius 2 is 1.77 bits per heavy atom. The number of carbonyl (C=O) groups excluding carboxylic acids is 3. The first-order valence-corrected chi connectivity index (χ1v) is 10.4. The molecule has 2 heterocycles. The molecular formula is C22H18BrFN4O3. The number of aryl methyl sites for hydroxylation is 1. The van der Waals surface area contributed by atoms with Gasteiger partial charge in [0.1, 0.15) is 11.6 Å². The molecule has 0 saturated carbocycles. The molecule has 0 fully saturated rings. The molecule has 2 aromatic carbocycles. The summed E-state index contributed by atoms with van der Waals surface area (Å²) in [4.78, 5) is 38.6. The highest BCUT2D eigenvalue weighted by atomic mass is 79.9. The van der Waals surface area contributed by atoms with Gasteiger partial charge in [0, 0.05) is 23.5 Å². The zero-order valence-electron chi connectivity index (χ0n) is 16.6. The van der Waals surface area contributed by atoms with Gasteiger partial charge in [-0.05, 0) is 55.8 Å². The minimum Gasteiger partial charge on any atom is -0.311 e. The molecular weight excluding hydrogens is 467 g/mol. The number of anilines is 1. The number of hydrogen-bond acceptors (Lipinski definition) is 4. The first-order valence-electron chi connectivity index (χ1n) is 9.61. The van der Waals surface area contributed by atoms with Crippen LogP contribution in [0.25, 0.3) is 5.69 Å². The van der Waals surface area contributed by atoms with Crippen molar-refractivity contribution >= 4 is 39.5 Å². The quantitative estimate of drug-likeness (QED) is 0.533. The van der Waals surface area contributed by atoms with Crippen LogP contribution in [0.2, 0.25) is 0 Å². The molecule has 0 aliphatic carbocycles. The second kappa shape index (κ2) is 8.43. The Balaban J connectivity index is 1.37. The molecule has 4 rings (SSSR count). The van der Waals surface area contributed by atoms with Crippen molar-refractivity contribution in [1.29, 1.82) is 0 Å². The SMILES string of the molecule is Cc1cc(NC(=O)CCCN2C(=O)c3ccc(Br)cc3C2=O)n(-c2ccc(F)cc2)n1. The van der Waals surface area contributed by atoms with Crippen LogP contribution in [0.1, 0.15) is 39.3 Å². The molecule has 3 aromatic rings. The Morgan fingerprint density at radius 3 is 2.52 bits per heavy atom. The molecule has 1 N–H and O–H groups in total. The Kier molecular flexibility index (Phi) is 5.69. The number of halogens is 2. The third-order valence-corrected chi connectivity index (χ3v) is 5.38. The molecule has 0 saturated heterocycles. The summed E-state index contributed by atoms with van der Waals surface area (Å²) >= 11 is 3.30. The summed E-state index contributed by atoms with van der Waals surface area (Å²) in [7, 11) is 0. The van der Waals surface area contributed by atoms with E-state index in [0.717, 1.165) is 9.37 Å². The molecule has 7 nitrogen and oxygen atoms in total. The number of carbonyl (C=O) groups is 3. The van der Waals surface area contributed by atoms with Crippen LogP contribution in [-0.4, -0.2) is 38.9 Å². The van der Waals surface area contributed by atoms with Gasteiger partial charge in [0.05, 0.1) is 22.5 Å². The van der Waals surface area contributed by atoms with Gasteiger partial charge >= 0.3 is 0 Å². The number of benzene rings is 2. The van der Waals surface area contributed by atoms with Crippen molar-refractivity contribution < 1.29 is 18.8 Å². The zero-order valence-corrected chi connectivity index (χ0v) is 18.1. The second-order valence-corrected chi connectivity index (χ2v) is 8.08. The fourth-order valence-corrected chi connectivity index (χ4v) is 3.80. The molecule has 0 bridgehead atoms. The van der Waals surface area contributed by atoms with Gasteiger partial charge in [0.15, 0.2) is 0 Å². The standard InChI is InChI=1S/C22H18BrFN4O3/c1-13-11-19(28(26-13)16-7-5-15(24)6-8-16)25-20(29)3-2-10-27-21(30)17-9-4-14(23)12-18(17)22(27)31/h4-9,11-12H,2-3,10H2,1H3,(H,25,29). The van der Waals surface area contributed by atoms with Crippen molar-refractivity contribution in [2.75, 3.05) is 11.9 Å². The van der Waals surface area contributed by atoms with Gasteiger partial charge in [-0.1, -0.05) is 15.9 Å². The van der Waals surface area contributed by atoms with Crippen molar-refractivity contribution in [3.05, 3.63) is 75.6 Å². The van der Waals surface area contributed by atoms with E-state index in [1.54, 1.807) is 43.3 Å². The highest BCUT2D eigenvalue weighted by Gasteiger charge is 2.35. The van der Waals surface area contributed by atoms with E-state index in [4.69, 9.17) is 0 Å². The first kappa shape index (κ1) is 20.9. The van der Waals surface area contributed by atoms with E-state index in [2.05, 4.69) is 26.3 Å². The molecule has 0 atom stereocenters. The van der Waals surface area contributed by atoms with Crippen LogP contribution in [0.4, 0.5) is 10.2 Å². The van der Waals surface area contributed by atoms with Crippen LogP contribution in [0.5, 0.6) is 0 Å². The summed E-state index contributed by atoms with van der Waals surface area (Å²) in [5.74, 6) is -0.884. The van der Waals surface area contributed by atoms with E-state index in [0.29, 0.717) is 34.7 Å².